The largest absolute Gasteiger partial charge is 0.236 e. The lowest BCUT2D eigenvalue weighted by atomic mass is 10.1. The van der Waals surface area contributed by atoms with Gasteiger partial charge in [0.05, 0.1) is 5.52 Å². The van der Waals surface area contributed by atoms with Crippen LogP contribution in [0.5, 0.6) is 0 Å². The zero-order valence-electron chi connectivity index (χ0n) is 14.1. The van der Waals surface area contributed by atoms with Gasteiger partial charge in [-0.2, -0.15) is 0 Å². The molecule has 0 fully saturated rings. The van der Waals surface area contributed by atoms with E-state index in [-0.39, 0.29) is 5.82 Å². The molecule has 0 aliphatic heterocycles. The van der Waals surface area contributed by atoms with Gasteiger partial charge in [0, 0.05) is 17.1 Å². The predicted molar refractivity (Wildman–Crippen MR) is 99.9 cm³/mol. The fourth-order valence-corrected chi connectivity index (χ4v) is 2.57. The average molecular weight is 339 g/mol. The van der Waals surface area contributed by atoms with Crippen LogP contribution in [0.15, 0.2) is 66.9 Å². The molecule has 0 radical (unpaired) electrons. The number of fused-ring (bicyclic) bond motifs is 1. The molecule has 0 bridgehead atoms. The van der Waals surface area contributed by atoms with E-state index in [9.17, 15) is 4.39 Å². The molecule has 124 valence electrons. The number of hydrogen-bond acceptors (Lipinski definition) is 3. The smallest absolute Gasteiger partial charge is 0.178 e. The summed E-state index contributed by atoms with van der Waals surface area (Å²) in [6, 6.07) is 17.8. The maximum Gasteiger partial charge on any atom is 0.178 e. The zero-order valence-corrected chi connectivity index (χ0v) is 14.1. The van der Waals surface area contributed by atoms with Crippen LogP contribution in [0.2, 0.25) is 0 Å². The number of aryl methyl sites for hydroxylation is 1. The fourth-order valence-electron chi connectivity index (χ4n) is 2.57. The lowest BCUT2D eigenvalue weighted by molar-refractivity contribution is 0.627. The van der Waals surface area contributed by atoms with E-state index in [1.807, 2.05) is 43.3 Å². The average Bonchev–Trinajstić information content (AvgIpc) is 2.67. The molecular weight excluding hydrogens is 325 g/mol. The second kappa shape index (κ2) is 6.73. The first-order valence-electron chi connectivity index (χ1n) is 8.16. The topological polar surface area (TPSA) is 38.7 Å². The molecular formula is C22H14FN3. The van der Waals surface area contributed by atoms with E-state index in [2.05, 4.69) is 26.8 Å². The minimum atomic E-state index is -0.306. The first-order chi connectivity index (χ1) is 12.7. The van der Waals surface area contributed by atoms with Gasteiger partial charge in [-0.25, -0.2) is 19.3 Å². The summed E-state index contributed by atoms with van der Waals surface area (Å²) in [6.07, 6.45) is 1.79. The number of aromatic nitrogens is 3. The molecule has 0 spiro atoms. The highest BCUT2D eigenvalue weighted by Crippen LogP contribution is 2.18. The van der Waals surface area contributed by atoms with E-state index in [4.69, 9.17) is 0 Å². The second-order valence-electron chi connectivity index (χ2n) is 5.87. The number of rotatable bonds is 1. The fraction of sp³-hybridized carbons (Fsp3) is 0.0455. The monoisotopic (exact) mass is 339 g/mol. The van der Waals surface area contributed by atoms with E-state index >= 15 is 0 Å². The molecule has 4 rings (SSSR count). The van der Waals surface area contributed by atoms with Crippen LogP contribution in [0, 0.1) is 24.6 Å². The Morgan fingerprint density at radius 1 is 0.885 bits per heavy atom. The van der Waals surface area contributed by atoms with E-state index < -0.39 is 0 Å². The molecule has 0 aliphatic carbocycles. The van der Waals surface area contributed by atoms with Crippen molar-refractivity contribution >= 4 is 10.9 Å². The summed E-state index contributed by atoms with van der Waals surface area (Å²) in [7, 11) is 0. The molecule has 0 amide bonds. The van der Waals surface area contributed by atoms with Crippen molar-refractivity contribution < 1.29 is 4.39 Å². The molecule has 0 saturated carbocycles. The third-order valence-electron chi connectivity index (χ3n) is 3.96. The summed E-state index contributed by atoms with van der Waals surface area (Å²) in [5.74, 6) is 6.23. The number of halogens is 1. The van der Waals surface area contributed by atoms with Crippen molar-refractivity contribution in [2.45, 2.75) is 6.92 Å². The Morgan fingerprint density at radius 3 is 2.65 bits per heavy atom. The molecule has 3 nitrogen and oxygen atoms in total. The van der Waals surface area contributed by atoms with Gasteiger partial charge in [0.15, 0.2) is 5.82 Å². The minimum absolute atomic E-state index is 0.306. The van der Waals surface area contributed by atoms with Crippen LogP contribution in [-0.2, 0) is 0 Å². The normalized spacial score (nSPS) is 10.4. The molecule has 2 heterocycles. The van der Waals surface area contributed by atoms with Crippen molar-refractivity contribution in [1.82, 2.24) is 15.0 Å². The van der Waals surface area contributed by atoms with Crippen LogP contribution < -0.4 is 0 Å². The Balaban J connectivity index is 1.74. The van der Waals surface area contributed by atoms with Crippen LogP contribution >= 0.6 is 0 Å². The number of pyridine rings is 1. The van der Waals surface area contributed by atoms with Crippen LogP contribution in [0.1, 0.15) is 16.8 Å². The van der Waals surface area contributed by atoms with Crippen molar-refractivity contribution in [3.63, 3.8) is 0 Å². The third kappa shape index (κ3) is 3.28. The molecule has 0 N–H and O–H groups in total. The maximum absolute atomic E-state index is 13.3. The van der Waals surface area contributed by atoms with Crippen molar-refractivity contribution in [1.29, 1.82) is 0 Å². The summed E-state index contributed by atoms with van der Waals surface area (Å²) in [5.41, 5.74) is 3.71. The first-order valence-corrected chi connectivity index (χ1v) is 8.16. The quantitative estimate of drug-likeness (QED) is 0.478. The van der Waals surface area contributed by atoms with Crippen molar-refractivity contribution in [2.24, 2.45) is 0 Å². The Hall–Kier alpha value is -3.58. The highest BCUT2D eigenvalue weighted by atomic mass is 19.1. The van der Waals surface area contributed by atoms with E-state index in [1.54, 1.807) is 18.3 Å². The summed E-state index contributed by atoms with van der Waals surface area (Å²) < 4.78 is 13.3. The summed E-state index contributed by atoms with van der Waals surface area (Å²) in [6.45, 7) is 1.94. The zero-order chi connectivity index (χ0) is 17.9. The Bertz CT molecular complexity index is 1170. The third-order valence-corrected chi connectivity index (χ3v) is 3.96. The first kappa shape index (κ1) is 15.9. The number of para-hydroxylation sites is 1. The molecule has 26 heavy (non-hydrogen) atoms. The molecule has 2 aromatic carbocycles. The molecule has 2 aromatic heterocycles. The highest BCUT2D eigenvalue weighted by molar-refractivity contribution is 5.79. The minimum Gasteiger partial charge on any atom is -0.236 e. The molecule has 0 saturated heterocycles. The molecule has 0 unspecified atom stereocenters. The van der Waals surface area contributed by atoms with Gasteiger partial charge in [0.1, 0.15) is 17.2 Å². The molecule has 4 heteroatoms. The lowest BCUT2D eigenvalue weighted by Crippen LogP contribution is -1.96. The maximum atomic E-state index is 13.3. The SMILES string of the molecule is Cc1ccc(-c2ncc3ccccc3n2)nc1C#Cc1cccc(F)c1. The number of nitrogens with zero attached hydrogens (tertiary/aromatic N) is 3. The van der Waals surface area contributed by atoms with Crippen LogP contribution in [0.3, 0.4) is 0 Å². The van der Waals surface area contributed by atoms with Gasteiger partial charge in [-0.1, -0.05) is 36.3 Å². The Morgan fingerprint density at radius 2 is 1.77 bits per heavy atom. The molecule has 4 aromatic rings. The van der Waals surface area contributed by atoms with Crippen molar-refractivity contribution in [3.05, 3.63) is 89.5 Å². The van der Waals surface area contributed by atoms with Gasteiger partial charge in [-0.3, -0.25) is 0 Å². The van der Waals surface area contributed by atoms with Gasteiger partial charge in [0.25, 0.3) is 0 Å². The van der Waals surface area contributed by atoms with Gasteiger partial charge in [-0.05, 0) is 48.7 Å². The molecule has 0 atom stereocenters. The van der Waals surface area contributed by atoms with Crippen LogP contribution in [0.4, 0.5) is 4.39 Å². The van der Waals surface area contributed by atoms with Crippen molar-refractivity contribution in [3.8, 4) is 23.4 Å². The second-order valence-corrected chi connectivity index (χ2v) is 5.87. The molecule has 0 aliphatic rings. The summed E-state index contributed by atoms with van der Waals surface area (Å²) in [5, 5.41) is 0.981. The van der Waals surface area contributed by atoms with Gasteiger partial charge < -0.3 is 0 Å². The van der Waals surface area contributed by atoms with Gasteiger partial charge in [-0.15, -0.1) is 0 Å². The van der Waals surface area contributed by atoms with Crippen molar-refractivity contribution in [2.75, 3.05) is 0 Å². The standard InChI is InChI=1S/C22H14FN3/c1-15-9-11-21(22-24-14-17-6-2-3-8-20(17)26-22)25-19(15)12-10-16-5-4-7-18(23)13-16/h2-9,11,13-14H,1H3. The Labute approximate surface area is 150 Å². The lowest BCUT2D eigenvalue weighted by Gasteiger charge is -2.04. The Kier molecular flexibility index (Phi) is 4.12. The van der Waals surface area contributed by atoms with Gasteiger partial charge in [0.2, 0.25) is 0 Å². The van der Waals surface area contributed by atoms with Crippen LogP contribution in [0.25, 0.3) is 22.4 Å². The summed E-state index contributed by atoms with van der Waals surface area (Å²) >= 11 is 0. The van der Waals surface area contributed by atoms with Gasteiger partial charge >= 0.3 is 0 Å². The predicted octanol–water partition coefficient (Wildman–Crippen LogP) is 4.54. The van der Waals surface area contributed by atoms with E-state index in [0.29, 0.717) is 22.8 Å². The van der Waals surface area contributed by atoms with E-state index in [1.165, 1.54) is 12.1 Å². The number of benzene rings is 2. The van der Waals surface area contributed by atoms with E-state index in [0.717, 1.165) is 16.5 Å². The van der Waals surface area contributed by atoms with Crippen LogP contribution in [-0.4, -0.2) is 15.0 Å². The number of hydrogen-bond donors (Lipinski definition) is 0. The summed E-state index contributed by atoms with van der Waals surface area (Å²) in [4.78, 5) is 13.6. The highest BCUT2D eigenvalue weighted by Gasteiger charge is 2.07.